The third-order valence-corrected chi connectivity index (χ3v) is 13.2. The van der Waals surface area contributed by atoms with E-state index in [0.29, 0.717) is 6.42 Å². The Kier molecular flexibility index (Phi) is 54.8. The van der Waals surface area contributed by atoms with Crippen molar-refractivity contribution >= 4 is 5.91 Å². The van der Waals surface area contributed by atoms with Crippen molar-refractivity contribution in [1.29, 1.82) is 0 Å². The van der Waals surface area contributed by atoms with E-state index >= 15 is 0 Å². The second-order valence-corrected chi connectivity index (χ2v) is 19.7. The first kappa shape index (κ1) is 63.1. The molecule has 0 aromatic rings. The van der Waals surface area contributed by atoms with Gasteiger partial charge in [-0.15, -0.1) is 0 Å². The molecule has 0 saturated carbocycles. The number of aliphatic hydroxyl groups excluding tert-OH is 2. The van der Waals surface area contributed by atoms with Crippen LogP contribution in [0.2, 0.25) is 0 Å². The number of nitrogens with one attached hydrogen (secondary N) is 1. The lowest BCUT2D eigenvalue weighted by atomic mass is 10.0. The molecule has 0 heterocycles. The van der Waals surface area contributed by atoms with Gasteiger partial charge < -0.3 is 15.5 Å². The van der Waals surface area contributed by atoms with E-state index in [1.54, 1.807) is 6.08 Å². The molecule has 0 aliphatic carbocycles. The van der Waals surface area contributed by atoms with Gasteiger partial charge in [0.2, 0.25) is 5.91 Å². The third-order valence-electron chi connectivity index (χ3n) is 13.2. The van der Waals surface area contributed by atoms with Crippen LogP contribution in [0.5, 0.6) is 0 Å². The maximum absolute atomic E-state index is 12.5. The SMILES string of the molecule is CCCCCCC/C=C\C/C=C\CCCCCCCCCCCC(=O)NC(CO)C(O)/C=C/CC/C=C/CC/C=C/CCCCCCCCCCCCCCCCCCCCCCCC. The molecule has 0 aliphatic heterocycles. The fourth-order valence-electron chi connectivity index (χ4n) is 8.77. The lowest BCUT2D eigenvalue weighted by molar-refractivity contribution is -0.123. The van der Waals surface area contributed by atoms with Crippen LogP contribution in [-0.4, -0.2) is 34.9 Å². The van der Waals surface area contributed by atoms with Gasteiger partial charge in [0.25, 0.3) is 0 Å². The Morgan fingerprint density at radius 1 is 0.369 bits per heavy atom. The maximum atomic E-state index is 12.5. The maximum Gasteiger partial charge on any atom is 0.220 e. The fourth-order valence-corrected chi connectivity index (χ4v) is 8.77. The van der Waals surface area contributed by atoms with Crippen LogP contribution in [0.15, 0.2) is 60.8 Å². The van der Waals surface area contributed by atoms with Crippen LogP contribution in [0.25, 0.3) is 0 Å². The molecule has 0 saturated heterocycles. The highest BCUT2D eigenvalue weighted by Crippen LogP contribution is 2.17. The molecule has 2 atom stereocenters. The van der Waals surface area contributed by atoms with Crippen LogP contribution < -0.4 is 5.32 Å². The molecular weight excluding hydrogens is 795 g/mol. The highest BCUT2D eigenvalue weighted by molar-refractivity contribution is 5.76. The number of amides is 1. The van der Waals surface area contributed by atoms with E-state index in [0.717, 1.165) is 44.9 Å². The average Bonchev–Trinajstić information content (AvgIpc) is 3.31. The smallest absolute Gasteiger partial charge is 0.220 e. The molecular formula is C61H113NO3. The first-order valence-electron chi connectivity index (χ1n) is 29.0. The summed E-state index contributed by atoms with van der Waals surface area (Å²) in [5.74, 6) is -0.0811. The largest absolute Gasteiger partial charge is 0.394 e. The van der Waals surface area contributed by atoms with Gasteiger partial charge in [-0.1, -0.05) is 280 Å². The van der Waals surface area contributed by atoms with E-state index in [-0.39, 0.29) is 12.5 Å². The zero-order valence-electron chi connectivity index (χ0n) is 43.8. The molecule has 0 aliphatic rings. The van der Waals surface area contributed by atoms with Crippen LogP contribution >= 0.6 is 0 Å². The summed E-state index contributed by atoms with van der Waals surface area (Å²) in [6.45, 7) is 4.30. The summed E-state index contributed by atoms with van der Waals surface area (Å²) in [7, 11) is 0. The van der Waals surface area contributed by atoms with E-state index in [2.05, 4.69) is 67.8 Å². The number of carbonyl (C=O) groups is 1. The van der Waals surface area contributed by atoms with E-state index in [4.69, 9.17) is 0 Å². The highest BCUT2D eigenvalue weighted by Gasteiger charge is 2.18. The second-order valence-electron chi connectivity index (χ2n) is 19.7. The first-order chi connectivity index (χ1) is 32.2. The van der Waals surface area contributed by atoms with Gasteiger partial charge in [-0.25, -0.2) is 0 Å². The van der Waals surface area contributed by atoms with E-state index in [9.17, 15) is 15.0 Å². The Labute approximate surface area is 406 Å². The van der Waals surface area contributed by atoms with Gasteiger partial charge in [0, 0.05) is 6.42 Å². The summed E-state index contributed by atoms with van der Waals surface area (Å²) >= 11 is 0. The lowest BCUT2D eigenvalue weighted by Crippen LogP contribution is -2.45. The third kappa shape index (κ3) is 52.9. The van der Waals surface area contributed by atoms with Gasteiger partial charge in [0.15, 0.2) is 0 Å². The van der Waals surface area contributed by atoms with Crippen LogP contribution in [0, 0.1) is 0 Å². The summed E-state index contributed by atoms with van der Waals surface area (Å²) in [5.41, 5.74) is 0. The second kappa shape index (κ2) is 56.4. The number of aliphatic hydroxyl groups is 2. The van der Waals surface area contributed by atoms with Crippen molar-refractivity contribution in [3.63, 3.8) is 0 Å². The summed E-state index contributed by atoms with van der Waals surface area (Å²) in [6, 6.07) is -0.651. The molecule has 0 aromatic carbocycles. The van der Waals surface area contributed by atoms with Gasteiger partial charge in [-0.2, -0.15) is 0 Å². The van der Waals surface area contributed by atoms with Crippen molar-refractivity contribution in [2.45, 2.75) is 315 Å². The molecule has 0 fully saturated rings. The van der Waals surface area contributed by atoms with Crippen LogP contribution in [0.4, 0.5) is 0 Å². The molecule has 380 valence electrons. The van der Waals surface area contributed by atoms with Crippen LogP contribution in [0.3, 0.4) is 0 Å². The van der Waals surface area contributed by atoms with Crippen molar-refractivity contribution in [3.05, 3.63) is 60.8 Å². The normalized spacial score (nSPS) is 13.2. The minimum Gasteiger partial charge on any atom is -0.394 e. The van der Waals surface area contributed by atoms with E-state index in [1.807, 2.05) is 6.08 Å². The molecule has 4 nitrogen and oxygen atoms in total. The standard InChI is InChI=1S/C61H113NO3/c1-3-5-7-9-11-13-15-17-19-21-23-25-26-27-28-29-30-31-32-33-34-35-37-38-40-42-44-46-48-50-52-54-56-60(64)59(58-63)62-61(65)57-55-53-51-49-47-45-43-41-39-36-24-22-20-18-16-14-12-10-8-6-4-2/h16,18,22,24,38,40,46,48,54,56,59-60,63-64H,3-15,17,19-21,23,25-37,39,41-45,47,49-53,55,57-58H2,1-2H3,(H,62,65)/b18-16-,24-22-,40-38+,48-46+,56-54+. The van der Waals surface area contributed by atoms with Crippen molar-refractivity contribution < 1.29 is 15.0 Å². The number of hydrogen-bond acceptors (Lipinski definition) is 3. The minimum atomic E-state index is -0.875. The van der Waals surface area contributed by atoms with Gasteiger partial charge in [-0.3, -0.25) is 4.79 Å². The van der Waals surface area contributed by atoms with Gasteiger partial charge in [0.05, 0.1) is 18.8 Å². The average molecular weight is 909 g/mol. The Bertz CT molecular complexity index is 1070. The van der Waals surface area contributed by atoms with Crippen LogP contribution in [-0.2, 0) is 4.79 Å². The minimum absolute atomic E-state index is 0.0811. The molecule has 0 aromatic heterocycles. The Balaban J connectivity index is 3.55. The monoisotopic (exact) mass is 908 g/mol. The van der Waals surface area contributed by atoms with Crippen molar-refractivity contribution in [3.8, 4) is 0 Å². The van der Waals surface area contributed by atoms with Gasteiger partial charge in [0.1, 0.15) is 0 Å². The van der Waals surface area contributed by atoms with E-state index < -0.39 is 12.1 Å². The molecule has 0 rings (SSSR count). The summed E-state index contributed by atoms with van der Waals surface area (Å²) in [5, 5.41) is 23.1. The summed E-state index contributed by atoms with van der Waals surface area (Å²) in [6.07, 6.45) is 79.7. The van der Waals surface area contributed by atoms with Crippen LogP contribution in [0.1, 0.15) is 303 Å². The highest BCUT2D eigenvalue weighted by atomic mass is 16.3. The first-order valence-corrected chi connectivity index (χ1v) is 29.0. The van der Waals surface area contributed by atoms with Crippen molar-refractivity contribution in [1.82, 2.24) is 5.32 Å². The number of allylic oxidation sites excluding steroid dienone is 9. The lowest BCUT2D eigenvalue weighted by Gasteiger charge is -2.19. The molecule has 65 heavy (non-hydrogen) atoms. The summed E-state index contributed by atoms with van der Waals surface area (Å²) < 4.78 is 0. The van der Waals surface area contributed by atoms with Crippen molar-refractivity contribution in [2.24, 2.45) is 0 Å². The topological polar surface area (TPSA) is 69.6 Å². The predicted octanol–water partition coefficient (Wildman–Crippen LogP) is 19.2. The fraction of sp³-hybridized carbons (Fsp3) is 0.820. The molecule has 4 heteroatoms. The predicted molar refractivity (Wildman–Crippen MR) is 290 cm³/mol. The van der Waals surface area contributed by atoms with E-state index in [1.165, 1.54) is 238 Å². The summed E-state index contributed by atoms with van der Waals surface area (Å²) in [4.78, 5) is 12.5. The number of rotatable bonds is 53. The Morgan fingerprint density at radius 3 is 0.985 bits per heavy atom. The number of carbonyl (C=O) groups excluding carboxylic acids is 1. The molecule has 0 bridgehead atoms. The van der Waals surface area contributed by atoms with Gasteiger partial charge >= 0.3 is 0 Å². The Hall–Kier alpha value is -1.91. The number of hydrogen-bond donors (Lipinski definition) is 3. The quantitative estimate of drug-likeness (QED) is 0.0421. The molecule has 0 spiro atoms. The molecule has 0 radical (unpaired) electrons. The zero-order chi connectivity index (χ0) is 47.0. The molecule has 1 amide bonds. The van der Waals surface area contributed by atoms with Gasteiger partial charge in [-0.05, 0) is 77.0 Å². The zero-order valence-corrected chi connectivity index (χ0v) is 43.8. The Morgan fingerprint density at radius 2 is 0.646 bits per heavy atom. The molecule has 2 unspecified atom stereocenters. The molecule has 3 N–H and O–H groups in total. The number of unbranched alkanes of at least 4 members (excludes halogenated alkanes) is 38. The van der Waals surface area contributed by atoms with Crippen molar-refractivity contribution in [2.75, 3.05) is 6.61 Å².